The molecular formula is C23H21N3O2. The molecule has 5 heteroatoms. The fourth-order valence-electron chi connectivity index (χ4n) is 3.48. The third-order valence-corrected chi connectivity index (χ3v) is 4.90. The Balaban J connectivity index is 1.45. The highest BCUT2D eigenvalue weighted by molar-refractivity contribution is 6.00. The number of aromatic nitrogens is 1. The highest BCUT2D eigenvalue weighted by Gasteiger charge is 2.33. The fourth-order valence-corrected chi connectivity index (χ4v) is 3.48. The summed E-state index contributed by atoms with van der Waals surface area (Å²) >= 11 is 0. The van der Waals surface area contributed by atoms with Gasteiger partial charge in [-0.25, -0.2) is 4.98 Å². The SMILES string of the molecule is O=C(Nc1ccccc1)C1CCCN1C(=O)C=Cc1ccc2ccccc2n1. The van der Waals surface area contributed by atoms with Gasteiger partial charge in [-0.3, -0.25) is 9.59 Å². The number of nitrogens with zero attached hydrogens (tertiary/aromatic N) is 2. The number of nitrogens with one attached hydrogen (secondary N) is 1. The molecule has 1 fully saturated rings. The van der Waals surface area contributed by atoms with E-state index in [1.165, 1.54) is 6.08 Å². The van der Waals surface area contributed by atoms with Crippen LogP contribution in [0.1, 0.15) is 18.5 Å². The number of pyridine rings is 1. The molecule has 1 saturated heterocycles. The van der Waals surface area contributed by atoms with E-state index in [9.17, 15) is 9.59 Å². The van der Waals surface area contributed by atoms with Crippen LogP contribution < -0.4 is 5.32 Å². The molecule has 1 unspecified atom stereocenters. The van der Waals surface area contributed by atoms with Crippen molar-refractivity contribution in [2.45, 2.75) is 18.9 Å². The van der Waals surface area contributed by atoms with Crippen LogP contribution in [0.3, 0.4) is 0 Å². The quantitative estimate of drug-likeness (QED) is 0.708. The normalized spacial score (nSPS) is 16.6. The molecule has 0 saturated carbocycles. The van der Waals surface area contributed by atoms with Gasteiger partial charge in [0, 0.05) is 23.7 Å². The summed E-state index contributed by atoms with van der Waals surface area (Å²) in [6.45, 7) is 0.585. The molecule has 0 spiro atoms. The van der Waals surface area contributed by atoms with Crippen molar-refractivity contribution >= 4 is 34.5 Å². The molecule has 1 aromatic heterocycles. The Labute approximate surface area is 163 Å². The second-order valence-electron chi connectivity index (χ2n) is 6.81. The van der Waals surface area contributed by atoms with Crippen molar-refractivity contribution in [3.63, 3.8) is 0 Å². The lowest BCUT2D eigenvalue weighted by molar-refractivity contribution is -0.132. The first-order valence-corrected chi connectivity index (χ1v) is 9.41. The van der Waals surface area contributed by atoms with Gasteiger partial charge >= 0.3 is 0 Å². The maximum atomic E-state index is 12.7. The molecule has 1 aliphatic heterocycles. The maximum Gasteiger partial charge on any atom is 0.247 e. The second-order valence-corrected chi connectivity index (χ2v) is 6.81. The topological polar surface area (TPSA) is 62.3 Å². The summed E-state index contributed by atoms with van der Waals surface area (Å²) in [5.74, 6) is -0.310. The zero-order chi connectivity index (χ0) is 19.3. The minimum absolute atomic E-state index is 0.144. The predicted molar refractivity (Wildman–Crippen MR) is 111 cm³/mol. The number of amides is 2. The Hall–Kier alpha value is -3.47. The molecule has 0 aliphatic carbocycles. The van der Waals surface area contributed by atoms with Crippen molar-refractivity contribution in [2.24, 2.45) is 0 Å². The molecule has 5 nitrogen and oxygen atoms in total. The number of rotatable bonds is 4. The molecule has 0 bridgehead atoms. The molecule has 140 valence electrons. The Morgan fingerprint density at radius 1 is 1.00 bits per heavy atom. The summed E-state index contributed by atoms with van der Waals surface area (Å²) in [6, 6.07) is 20.6. The molecule has 2 amide bonds. The highest BCUT2D eigenvalue weighted by Crippen LogP contribution is 2.20. The van der Waals surface area contributed by atoms with Gasteiger partial charge in [0.05, 0.1) is 11.2 Å². The predicted octanol–water partition coefficient (Wildman–Crippen LogP) is 3.88. The summed E-state index contributed by atoms with van der Waals surface area (Å²) in [6.07, 6.45) is 4.71. The van der Waals surface area contributed by atoms with E-state index in [1.54, 1.807) is 11.0 Å². The lowest BCUT2D eigenvalue weighted by Crippen LogP contribution is -2.42. The Morgan fingerprint density at radius 3 is 2.64 bits per heavy atom. The first-order valence-electron chi connectivity index (χ1n) is 9.41. The van der Waals surface area contributed by atoms with Crippen LogP contribution in [-0.2, 0) is 9.59 Å². The minimum Gasteiger partial charge on any atom is -0.327 e. The highest BCUT2D eigenvalue weighted by atomic mass is 16.2. The number of carbonyl (C=O) groups is 2. The van der Waals surface area contributed by atoms with Gasteiger partial charge in [0.2, 0.25) is 11.8 Å². The summed E-state index contributed by atoms with van der Waals surface area (Å²) in [5, 5.41) is 3.95. The van der Waals surface area contributed by atoms with Crippen LogP contribution >= 0.6 is 0 Å². The van der Waals surface area contributed by atoms with E-state index in [1.807, 2.05) is 66.7 Å². The van der Waals surface area contributed by atoms with Crippen molar-refractivity contribution < 1.29 is 9.59 Å². The summed E-state index contributed by atoms with van der Waals surface area (Å²) < 4.78 is 0. The van der Waals surface area contributed by atoms with E-state index in [0.717, 1.165) is 28.7 Å². The van der Waals surface area contributed by atoms with Crippen molar-refractivity contribution in [2.75, 3.05) is 11.9 Å². The van der Waals surface area contributed by atoms with Crippen LogP contribution in [0.25, 0.3) is 17.0 Å². The first-order chi connectivity index (χ1) is 13.7. The van der Waals surface area contributed by atoms with Gasteiger partial charge in [-0.05, 0) is 43.2 Å². The van der Waals surface area contributed by atoms with E-state index in [2.05, 4.69) is 10.3 Å². The van der Waals surface area contributed by atoms with Crippen LogP contribution in [0, 0.1) is 0 Å². The number of carbonyl (C=O) groups excluding carboxylic acids is 2. The number of hydrogen-bond acceptors (Lipinski definition) is 3. The van der Waals surface area contributed by atoms with E-state index in [-0.39, 0.29) is 11.8 Å². The Kier molecular flexibility index (Phi) is 5.15. The number of para-hydroxylation sites is 2. The van der Waals surface area contributed by atoms with Gasteiger partial charge in [0.15, 0.2) is 0 Å². The average Bonchev–Trinajstić information content (AvgIpc) is 3.23. The first kappa shape index (κ1) is 17.9. The lowest BCUT2D eigenvalue weighted by Gasteiger charge is -2.22. The number of likely N-dealkylation sites (tertiary alicyclic amines) is 1. The molecule has 2 aromatic carbocycles. The molecule has 28 heavy (non-hydrogen) atoms. The third-order valence-electron chi connectivity index (χ3n) is 4.90. The summed E-state index contributed by atoms with van der Waals surface area (Å²) in [5.41, 5.74) is 2.35. The average molecular weight is 371 g/mol. The third kappa shape index (κ3) is 3.93. The standard InChI is InChI=1S/C23H21N3O2/c27-22(15-14-19-13-12-17-7-4-5-10-20(17)24-19)26-16-6-11-21(26)23(28)25-18-8-2-1-3-9-18/h1-5,7-10,12-15,21H,6,11,16H2,(H,25,28). The van der Waals surface area contributed by atoms with Gasteiger partial charge in [0.1, 0.15) is 6.04 Å². The summed E-state index contributed by atoms with van der Waals surface area (Å²) in [7, 11) is 0. The molecular weight excluding hydrogens is 350 g/mol. The Morgan fingerprint density at radius 2 is 1.79 bits per heavy atom. The van der Waals surface area contributed by atoms with Crippen LogP contribution in [0.5, 0.6) is 0 Å². The minimum atomic E-state index is -0.443. The van der Waals surface area contributed by atoms with Gasteiger partial charge in [0.25, 0.3) is 0 Å². The molecule has 3 aromatic rings. The Bertz CT molecular complexity index is 1030. The molecule has 1 aliphatic rings. The summed E-state index contributed by atoms with van der Waals surface area (Å²) in [4.78, 5) is 31.5. The molecule has 2 heterocycles. The van der Waals surface area contributed by atoms with Crippen molar-refractivity contribution in [1.29, 1.82) is 0 Å². The van der Waals surface area contributed by atoms with Gasteiger partial charge in [-0.1, -0.05) is 42.5 Å². The largest absolute Gasteiger partial charge is 0.327 e. The van der Waals surface area contributed by atoms with Gasteiger partial charge < -0.3 is 10.2 Å². The zero-order valence-electron chi connectivity index (χ0n) is 15.4. The number of fused-ring (bicyclic) bond motifs is 1. The number of hydrogen-bond donors (Lipinski definition) is 1. The van der Waals surface area contributed by atoms with E-state index in [0.29, 0.717) is 13.0 Å². The zero-order valence-corrected chi connectivity index (χ0v) is 15.4. The molecule has 4 rings (SSSR count). The van der Waals surface area contributed by atoms with Crippen LogP contribution in [0.15, 0.2) is 72.8 Å². The smallest absolute Gasteiger partial charge is 0.247 e. The molecule has 0 radical (unpaired) electrons. The van der Waals surface area contributed by atoms with Gasteiger partial charge in [-0.15, -0.1) is 0 Å². The molecule has 1 N–H and O–H groups in total. The number of benzene rings is 2. The van der Waals surface area contributed by atoms with Crippen molar-refractivity contribution in [3.8, 4) is 0 Å². The maximum absolute atomic E-state index is 12.7. The van der Waals surface area contributed by atoms with E-state index in [4.69, 9.17) is 0 Å². The van der Waals surface area contributed by atoms with E-state index >= 15 is 0 Å². The second kappa shape index (κ2) is 8.05. The van der Waals surface area contributed by atoms with Crippen LogP contribution in [-0.4, -0.2) is 34.3 Å². The van der Waals surface area contributed by atoms with Crippen LogP contribution in [0.4, 0.5) is 5.69 Å². The van der Waals surface area contributed by atoms with Gasteiger partial charge in [-0.2, -0.15) is 0 Å². The van der Waals surface area contributed by atoms with E-state index < -0.39 is 6.04 Å². The van der Waals surface area contributed by atoms with Crippen molar-refractivity contribution in [1.82, 2.24) is 9.88 Å². The van der Waals surface area contributed by atoms with Crippen molar-refractivity contribution in [3.05, 3.63) is 78.5 Å². The monoisotopic (exact) mass is 371 g/mol. The molecule has 1 atom stereocenters. The fraction of sp³-hybridized carbons (Fsp3) is 0.174. The number of anilines is 1. The lowest BCUT2D eigenvalue weighted by atomic mass is 10.2. The van der Waals surface area contributed by atoms with Crippen LogP contribution in [0.2, 0.25) is 0 Å².